The van der Waals surface area contributed by atoms with Crippen LogP contribution in [0.15, 0.2) is 10.7 Å². The third kappa shape index (κ3) is 3.56. The standard InChI is InChI=1S/C13H22BrN3O/c1-3-15-12(8-10-4-5-10)13-11(14)9-16-17(13)6-7-18-2/h9-10,12,15H,3-8H2,1-2H3. The maximum Gasteiger partial charge on any atom is 0.0696 e. The average Bonchev–Trinajstić information content (AvgIpc) is 3.09. The first kappa shape index (κ1) is 14.0. The van der Waals surface area contributed by atoms with Crippen molar-refractivity contribution in [1.29, 1.82) is 0 Å². The van der Waals surface area contributed by atoms with E-state index >= 15 is 0 Å². The largest absolute Gasteiger partial charge is 0.383 e. The minimum Gasteiger partial charge on any atom is -0.383 e. The van der Waals surface area contributed by atoms with Gasteiger partial charge in [-0.15, -0.1) is 0 Å². The Kier molecular flexibility index (Phi) is 5.21. The second-order valence-electron chi connectivity index (χ2n) is 4.88. The lowest BCUT2D eigenvalue weighted by molar-refractivity contribution is 0.181. The molecular formula is C13H22BrN3O. The van der Waals surface area contributed by atoms with Crippen LogP contribution in [-0.4, -0.2) is 30.0 Å². The summed E-state index contributed by atoms with van der Waals surface area (Å²) in [7, 11) is 1.73. The fourth-order valence-corrected chi connectivity index (χ4v) is 2.87. The van der Waals surface area contributed by atoms with E-state index in [0.29, 0.717) is 12.6 Å². The van der Waals surface area contributed by atoms with Crippen molar-refractivity contribution >= 4 is 15.9 Å². The predicted molar refractivity (Wildman–Crippen MR) is 75.6 cm³/mol. The molecule has 1 aromatic rings. The van der Waals surface area contributed by atoms with Crippen molar-refractivity contribution in [2.45, 2.75) is 38.8 Å². The van der Waals surface area contributed by atoms with Gasteiger partial charge in [0.1, 0.15) is 0 Å². The Morgan fingerprint density at radius 3 is 3.00 bits per heavy atom. The van der Waals surface area contributed by atoms with Gasteiger partial charge in [0.2, 0.25) is 0 Å². The maximum atomic E-state index is 5.15. The summed E-state index contributed by atoms with van der Waals surface area (Å²) in [5.41, 5.74) is 1.26. The summed E-state index contributed by atoms with van der Waals surface area (Å²) in [6.45, 7) is 4.65. The number of hydrogen-bond donors (Lipinski definition) is 1. The Morgan fingerprint density at radius 1 is 1.61 bits per heavy atom. The summed E-state index contributed by atoms with van der Waals surface area (Å²) in [4.78, 5) is 0. The Hall–Kier alpha value is -0.390. The highest BCUT2D eigenvalue weighted by molar-refractivity contribution is 9.10. The minimum atomic E-state index is 0.399. The maximum absolute atomic E-state index is 5.15. The molecule has 1 saturated carbocycles. The van der Waals surface area contributed by atoms with Crippen LogP contribution in [0.25, 0.3) is 0 Å². The smallest absolute Gasteiger partial charge is 0.0696 e. The molecule has 1 atom stereocenters. The van der Waals surface area contributed by atoms with E-state index in [0.717, 1.165) is 23.5 Å². The van der Waals surface area contributed by atoms with Crippen LogP contribution in [0.3, 0.4) is 0 Å². The van der Waals surface area contributed by atoms with Gasteiger partial charge in [-0.1, -0.05) is 19.8 Å². The molecule has 0 bridgehead atoms. The molecule has 5 heteroatoms. The lowest BCUT2D eigenvalue weighted by Gasteiger charge is -2.20. The lowest BCUT2D eigenvalue weighted by Crippen LogP contribution is -2.25. The van der Waals surface area contributed by atoms with Crippen LogP contribution < -0.4 is 5.32 Å². The highest BCUT2D eigenvalue weighted by Crippen LogP contribution is 2.39. The lowest BCUT2D eigenvalue weighted by atomic mass is 10.1. The number of ether oxygens (including phenoxy) is 1. The van der Waals surface area contributed by atoms with Crippen LogP contribution in [-0.2, 0) is 11.3 Å². The van der Waals surface area contributed by atoms with Crippen molar-refractivity contribution in [2.75, 3.05) is 20.3 Å². The Bertz CT molecular complexity index is 376. The van der Waals surface area contributed by atoms with Gasteiger partial charge >= 0.3 is 0 Å². The number of halogens is 1. The molecule has 1 aliphatic carbocycles. The molecule has 0 radical (unpaired) electrons. The molecule has 1 fully saturated rings. The number of hydrogen-bond acceptors (Lipinski definition) is 3. The van der Waals surface area contributed by atoms with Gasteiger partial charge in [-0.25, -0.2) is 0 Å². The molecule has 4 nitrogen and oxygen atoms in total. The van der Waals surface area contributed by atoms with Gasteiger partial charge < -0.3 is 10.1 Å². The number of nitrogens with zero attached hydrogens (tertiary/aromatic N) is 2. The van der Waals surface area contributed by atoms with Crippen molar-refractivity contribution in [3.8, 4) is 0 Å². The molecule has 102 valence electrons. The van der Waals surface area contributed by atoms with Crippen LogP contribution in [0.1, 0.15) is 37.9 Å². The second kappa shape index (κ2) is 6.68. The first-order chi connectivity index (χ1) is 8.76. The Labute approximate surface area is 117 Å². The van der Waals surface area contributed by atoms with Crippen molar-refractivity contribution in [3.05, 3.63) is 16.4 Å². The van der Waals surface area contributed by atoms with E-state index < -0.39 is 0 Å². The summed E-state index contributed by atoms with van der Waals surface area (Å²) >= 11 is 3.63. The molecule has 0 amide bonds. The van der Waals surface area contributed by atoms with E-state index in [1.807, 2.05) is 6.20 Å². The number of nitrogens with one attached hydrogen (secondary N) is 1. The fourth-order valence-electron chi connectivity index (χ4n) is 2.30. The van der Waals surface area contributed by atoms with Crippen LogP contribution in [0.2, 0.25) is 0 Å². The van der Waals surface area contributed by atoms with Gasteiger partial charge in [0.05, 0.1) is 35.6 Å². The van der Waals surface area contributed by atoms with E-state index in [1.54, 1.807) is 7.11 Å². The molecule has 1 aliphatic rings. The normalized spacial score (nSPS) is 17.1. The number of aromatic nitrogens is 2. The van der Waals surface area contributed by atoms with Gasteiger partial charge in [-0.3, -0.25) is 4.68 Å². The zero-order valence-electron chi connectivity index (χ0n) is 11.2. The van der Waals surface area contributed by atoms with Crippen LogP contribution in [0.4, 0.5) is 0 Å². The summed E-state index contributed by atoms with van der Waals surface area (Å²) < 4.78 is 8.31. The first-order valence-corrected chi connectivity index (χ1v) is 7.49. The second-order valence-corrected chi connectivity index (χ2v) is 5.74. The highest BCUT2D eigenvalue weighted by Gasteiger charge is 2.28. The first-order valence-electron chi connectivity index (χ1n) is 6.69. The Morgan fingerprint density at radius 2 is 2.39 bits per heavy atom. The highest BCUT2D eigenvalue weighted by atomic mass is 79.9. The van der Waals surface area contributed by atoms with Crippen molar-refractivity contribution < 1.29 is 4.74 Å². The van der Waals surface area contributed by atoms with Crippen molar-refractivity contribution in [2.24, 2.45) is 5.92 Å². The third-order valence-corrected chi connectivity index (χ3v) is 4.00. The van der Waals surface area contributed by atoms with E-state index in [9.17, 15) is 0 Å². The summed E-state index contributed by atoms with van der Waals surface area (Å²) in [6.07, 6.45) is 5.87. The van der Waals surface area contributed by atoms with Crippen LogP contribution in [0, 0.1) is 5.92 Å². The summed E-state index contributed by atoms with van der Waals surface area (Å²) in [5.74, 6) is 0.895. The predicted octanol–water partition coefficient (Wildman–Crippen LogP) is 2.74. The molecule has 1 heterocycles. The molecule has 0 aromatic carbocycles. The van der Waals surface area contributed by atoms with Gasteiger partial charge in [-0.2, -0.15) is 5.10 Å². The molecular weight excluding hydrogens is 294 g/mol. The SMILES string of the molecule is CCNC(CC1CC1)c1c(Br)cnn1CCOC. The van der Waals surface area contributed by atoms with Crippen LogP contribution in [0.5, 0.6) is 0 Å². The Balaban J connectivity index is 2.12. The molecule has 0 aliphatic heterocycles. The van der Waals surface area contributed by atoms with E-state index in [-0.39, 0.29) is 0 Å². The van der Waals surface area contributed by atoms with Gasteiger partial charge in [-0.05, 0) is 34.8 Å². The number of rotatable bonds is 8. The molecule has 1 aromatic heterocycles. The summed E-state index contributed by atoms with van der Waals surface area (Å²) in [5, 5.41) is 8.02. The minimum absolute atomic E-state index is 0.399. The van der Waals surface area contributed by atoms with Crippen molar-refractivity contribution in [1.82, 2.24) is 15.1 Å². The molecule has 18 heavy (non-hydrogen) atoms. The molecule has 0 spiro atoms. The van der Waals surface area contributed by atoms with E-state index in [4.69, 9.17) is 4.74 Å². The number of methoxy groups -OCH3 is 1. The van der Waals surface area contributed by atoms with Gasteiger partial charge in [0, 0.05) is 7.11 Å². The molecule has 1 unspecified atom stereocenters. The zero-order chi connectivity index (χ0) is 13.0. The van der Waals surface area contributed by atoms with Crippen molar-refractivity contribution in [3.63, 3.8) is 0 Å². The van der Waals surface area contributed by atoms with Gasteiger partial charge in [0.15, 0.2) is 0 Å². The monoisotopic (exact) mass is 315 g/mol. The zero-order valence-corrected chi connectivity index (χ0v) is 12.7. The quantitative estimate of drug-likeness (QED) is 0.801. The van der Waals surface area contributed by atoms with E-state index in [2.05, 4.69) is 38.0 Å². The summed E-state index contributed by atoms with van der Waals surface area (Å²) in [6, 6.07) is 0.399. The molecule has 2 rings (SSSR count). The molecule has 0 saturated heterocycles. The average molecular weight is 316 g/mol. The third-order valence-electron chi connectivity index (χ3n) is 3.39. The van der Waals surface area contributed by atoms with Gasteiger partial charge in [0.25, 0.3) is 0 Å². The fraction of sp³-hybridized carbons (Fsp3) is 0.769. The topological polar surface area (TPSA) is 39.1 Å². The van der Waals surface area contributed by atoms with Crippen LogP contribution >= 0.6 is 15.9 Å². The van der Waals surface area contributed by atoms with E-state index in [1.165, 1.54) is 25.0 Å². The molecule has 1 N–H and O–H groups in total.